The molecule has 2 N–H and O–H groups in total. The van der Waals surface area contributed by atoms with E-state index in [1.165, 1.54) is 0 Å². The van der Waals surface area contributed by atoms with Crippen LogP contribution in [0.1, 0.15) is 23.2 Å². The second-order valence-electron chi connectivity index (χ2n) is 4.25. The van der Waals surface area contributed by atoms with E-state index in [1.54, 1.807) is 11.9 Å². The highest BCUT2D eigenvalue weighted by Gasteiger charge is 2.18. The van der Waals surface area contributed by atoms with Crippen LogP contribution in [0.2, 0.25) is 0 Å². The third-order valence-electron chi connectivity index (χ3n) is 2.91. The fourth-order valence-corrected chi connectivity index (χ4v) is 2.14. The van der Waals surface area contributed by atoms with E-state index in [0.29, 0.717) is 11.4 Å². The summed E-state index contributed by atoms with van der Waals surface area (Å²) < 4.78 is 0. The molecule has 5 heteroatoms. The van der Waals surface area contributed by atoms with Gasteiger partial charge in [-0.05, 0) is 30.9 Å². The Labute approximate surface area is 99.9 Å². The number of pyridine rings is 1. The molecule has 0 unspecified atom stereocenters. The fraction of sp³-hybridized carbons (Fsp3) is 0.417. The van der Waals surface area contributed by atoms with Crippen LogP contribution in [0.4, 0.5) is 5.82 Å². The Balaban J connectivity index is 2.39. The minimum Gasteiger partial charge on any atom is -0.368 e. The van der Waals surface area contributed by atoms with Crippen molar-refractivity contribution in [3.8, 4) is 6.07 Å². The van der Waals surface area contributed by atoms with Crippen molar-refractivity contribution in [2.45, 2.75) is 19.3 Å². The molecule has 1 aromatic rings. The average Bonchev–Trinajstić information content (AvgIpc) is 2.73. The van der Waals surface area contributed by atoms with Crippen molar-refractivity contribution in [1.29, 1.82) is 5.26 Å². The molecule has 0 atom stereocenters. The monoisotopic (exact) mass is 230 g/mol. The largest absolute Gasteiger partial charge is 0.368 e. The van der Waals surface area contributed by atoms with Gasteiger partial charge in [0.25, 0.3) is 0 Å². The predicted octanol–water partition coefficient (Wildman–Crippen LogP) is 0.363. The lowest BCUT2D eigenvalue weighted by molar-refractivity contribution is -0.116. The van der Waals surface area contributed by atoms with Crippen LogP contribution >= 0.6 is 0 Å². The zero-order chi connectivity index (χ0) is 12.4. The highest BCUT2D eigenvalue weighted by Crippen LogP contribution is 2.26. The Kier molecular flexibility index (Phi) is 2.96. The first kappa shape index (κ1) is 11.4. The van der Waals surface area contributed by atoms with E-state index in [0.717, 1.165) is 30.5 Å². The highest BCUT2D eigenvalue weighted by molar-refractivity contribution is 5.79. The molecule has 0 saturated carbocycles. The molecule has 1 aliphatic rings. The maximum absolute atomic E-state index is 10.9. The summed E-state index contributed by atoms with van der Waals surface area (Å²) in [6.07, 6.45) is 3.01. The minimum atomic E-state index is -0.432. The molecular formula is C12H14N4O. The van der Waals surface area contributed by atoms with E-state index >= 15 is 0 Å². The first-order chi connectivity index (χ1) is 8.11. The van der Waals surface area contributed by atoms with E-state index in [9.17, 15) is 4.79 Å². The zero-order valence-electron chi connectivity index (χ0n) is 9.73. The molecule has 2 rings (SSSR count). The number of hydrogen-bond acceptors (Lipinski definition) is 4. The van der Waals surface area contributed by atoms with Crippen molar-refractivity contribution in [1.82, 2.24) is 4.98 Å². The number of fused-ring (bicyclic) bond motifs is 1. The van der Waals surface area contributed by atoms with Crippen molar-refractivity contribution in [2.75, 3.05) is 18.5 Å². The van der Waals surface area contributed by atoms with E-state index in [2.05, 4.69) is 11.1 Å². The topological polar surface area (TPSA) is 83.0 Å². The summed E-state index contributed by atoms with van der Waals surface area (Å²) in [5, 5.41) is 9.10. The number of nitrogens with zero attached hydrogens (tertiary/aromatic N) is 3. The predicted molar refractivity (Wildman–Crippen MR) is 63.4 cm³/mol. The lowest BCUT2D eigenvalue weighted by atomic mass is 10.1. The van der Waals surface area contributed by atoms with Crippen LogP contribution in [0.5, 0.6) is 0 Å². The van der Waals surface area contributed by atoms with Crippen LogP contribution in [0.15, 0.2) is 6.07 Å². The van der Waals surface area contributed by atoms with Crippen LogP contribution in [0.25, 0.3) is 0 Å². The summed E-state index contributed by atoms with van der Waals surface area (Å²) in [7, 11) is 1.72. The number of carbonyl (C=O) groups excluding carboxylic acids is 1. The first-order valence-electron chi connectivity index (χ1n) is 5.54. The molecule has 1 aromatic heterocycles. The lowest BCUT2D eigenvalue weighted by Gasteiger charge is -2.18. The van der Waals surface area contributed by atoms with Gasteiger partial charge in [0, 0.05) is 12.7 Å². The second-order valence-corrected chi connectivity index (χ2v) is 4.25. The van der Waals surface area contributed by atoms with Gasteiger partial charge >= 0.3 is 0 Å². The molecule has 1 heterocycles. The van der Waals surface area contributed by atoms with Gasteiger partial charge in [0.05, 0.1) is 12.1 Å². The quantitative estimate of drug-likeness (QED) is 0.812. The number of aromatic nitrogens is 1. The number of amides is 1. The Bertz CT molecular complexity index is 504. The molecule has 0 bridgehead atoms. The lowest BCUT2D eigenvalue weighted by Crippen LogP contribution is -2.31. The van der Waals surface area contributed by atoms with Crippen molar-refractivity contribution in [2.24, 2.45) is 5.73 Å². The molecule has 1 aliphatic carbocycles. The van der Waals surface area contributed by atoms with Crippen LogP contribution in [0, 0.1) is 11.3 Å². The van der Waals surface area contributed by atoms with Gasteiger partial charge in [0.1, 0.15) is 11.9 Å². The fourth-order valence-electron chi connectivity index (χ4n) is 2.14. The highest BCUT2D eigenvalue weighted by atomic mass is 16.1. The normalized spacial score (nSPS) is 12.9. The molecule has 0 saturated heterocycles. The molecule has 0 aliphatic heterocycles. The number of nitrogens with two attached hydrogens (primary N) is 1. The van der Waals surface area contributed by atoms with Crippen LogP contribution in [-0.2, 0) is 17.6 Å². The summed E-state index contributed by atoms with van der Waals surface area (Å²) in [6.45, 7) is 0.0699. The summed E-state index contributed by atoms with van der Waals surface area (Å²) in [4.78, 5) is 17.0. The molecule has 0 spiro atoms. The smallest absolute Gasteiger partial charge is 0.236 e. The number of nitriles is 1. The number of anilines is 1. The number of rotatable bonds is 3. The van der Waals surface area contributed by atoms with Crippen molar-refractivity contribution >= 4 is 11.7 Å². The summed E-state index contributed by atoms with van der Waals surface area (Å²) in [6, 6.07) is 4.00. The number of likely N-dealkylation sites (N-methyl/N-ethyl adjacent to an activating group) is 1. The number of aryl methyl sites for hydroxylation is 2. The Hall–Kier alpha value is -2.09. The van der Waals surface area contributed by atoms with E-state index < -0.39 is 5.91 Å². The van der Waals surface area contributed by atoms with E-state index in [1.807, 2.05) is 6.07 Å². The maximum atomic E-state index is 10.9. The number of primary amides is 1. The summed E-state index contributed by atoms with van der Waals surface area (Å²) in [5.74, 6) is 0.116. The molecular weight excluding hydrogens is 216 g/mol. The molecule has 1 amide bonds. The van der Waals surface area contributed by atoms with Gasteiger partial charge in [-0.15, -0.1) is 0 Å². The van der Waals surface area contributed by atoms with Crippen molar-refractivity contribution in [3.05, 3.63) is 22.9 Å². The summed E-state index contributed by atoms with van der Waals surface area (Å²) >= 11 is 0. The average molecular weight is 230 g/mol. The van der Waals surface area contributed by atoms with Crippen molar-refractivity contribution < 1.29 is 4.79 Å². The molecule has 5 nitrogen and oxygen atoms in total. The van der Waals surface area contributed by atoms with Gasteiger partial charge in [0.15, 0.2) is 0 Å². The van der Waals surface area contributed by atoms with E-state index in [-0.39, 0.29) is 6.54 Å². The Morgan fingerprint density at radius 1 is 1.65 bits per heavy atom. The van der Waals surface area contributed by atoms with Gasteiger partial charge in [-0.3, -0.25) is 4.79 Å². The molecule has 0 radical (unpaired) electrons. The standard InChI is InChI=1S/C12H14N4O/c1-16(7-11(14)17)12-9(6-13)5-8-3-2-4-10(8)15-12/h5H,2-4,7H2,1H3,(H2,14,17). The first-order valence-corrected chi connectivity index (χ1v) is 5.54. The van der Waals surface area contributed by atoms with E-state index in [4.69, 9.17) is 11.0 Å². The van der Waals surface area contributed by atoms with Gasteiger partial charge in [-0.1, -0.05) is 0 Å². The summed E-state index contributed by atoms with van der Waals surface area (Å²) in [5.41, 5.74) is 7.84. The van der Waals surface area contributed by atoms with Crippen LogP contribution < -0.4 is 10.6 Å². The third kappa shape index (κ3) is 2.21. The van der Waals surface area contributed by atoms with Crippen LogP contribution in [0.3, 0.4) is 0 Å². The second kappa shape index (κ2) is 4.42. The van der Waals surface area contributed by atoms with Gasteiger partial charge < -0.3 is 10.6 Å². The van der Waals surface area contributed by atoms with Gasteiger partial charge in [-0.2, -0.15) is 5.26 Å². The number of hydrogen-bond donors (Lipinski definition) is 1. The molecule has 17 heavy (non-hydrogen) atoms. The molecule has 88 valence electrons. The maximum Gasteiger partial charge on any atom is 0.236 e. The van der Waals surface area contributed by atoms with Gasteiger partial charge in [0.2, 0.25) is 5.91 Å². The Morgan fingerprint density at radius 3 is 3.06 bits per heavy atom. The SMILES string of the molecule is CN(CC(N)=O)c1nc2c(cc1C#N)CCC2. The third-order valence-corrected chi connectivity index (χ3v) is 2.91. The molecule has 0 fully saturated rings. The van der Waals surface area contributed by atoms with Crippen LogP contribution in [-0.4, -0.2) is 24.5 Å². The Morgan fingerprint density at radius 2 is 2.41 bits per heavy atom. The minimum absolute atomic E-state index is 0.0699. The van der Waals surface area contributed by atoms with Crippen molar-refractivity contribution in [3.63, 3.8) is 0 Å². The zero-order valence-corrected chi connectivity index (χ0v) is 9.73. The van der Waals surface area contributed by atoms with Gasteiger partial charge in [-0.25, -0.2) is 4.98 Å². The molecule has 0 aromatic carbocycles. The number of carbonyl (C=O) groups is 1.